The Balaban J connectivity index is 2.39. The SMILES string of the molecule is CCCC1CCCCN1S(=O)(=O)c1c(CN)n[nH]c1C. The Bertz CT molecular complexity index is 551. The number of aromatic amines is 1. The zero-order valence-corrected chi connectivity index (χ0v) is 13.0. The first kappa shape index (κ1) is 15.5. The quantitative estimate of drug-likeness (QED) is 0.862. The third kappa shape index (κ3) is 2.75. The number of aryl methyl sites for hydroxylation is 1. The minimum atomic E-state index is -3.50. The number of hydrogen-bond donors (Lipinski definition) is 2. The Hall–Kier alpha value is -0.920. The third-order valence-corrected chi connectivity index (χ3v) is 6.07. The van der Waals surface area contributed by atoms with Gasteiger partial charge in [-0.25, -0.2) is 8.42 Å². The van der Waals surface area contributed by atoms with E-state index in [1.54, 1.807) is 11.2 Å². The number of piperidine rings is 1. The predicted molar refractivity (Wildman–Crippen MR) is 77.7 cm³/mol. The molecule has 1 saturated heterocycles. The molecule has 2 heterocycles. The van der Waals surface area contributed by atoms with E-state index >= 15 is 0 Å². The van der Waals surface area contributed by atoms with Gasteiger partial charge in [0.05, 0.1) is 11.4 Å². The second-order valence-corrected chi connectivity index (χ2v) is 7.21. The zero-order chi connectivity index (χ0) is 14.8. The summed E-state index contributed by atoms with van der Waals surface area (Å²) in [4.78, 5) is 0.281. The summed E-state index contributed by atoms with van der Waals surface area (Å²) in [5, 5.41) is 6.75. The van der Waals surface area contributed by atoms with E-state index < -0.39 is 10.0 Å². The van der Waals surface area contributed by atoms with Gasteiger partial charge in [0.2, 0.25) is 10.0 Å². The average Bonchev–Trinajstić information content (AvgIpc) is 2.81. The number of sulfonamides is 1. The number of nitrogens with two attached hydrogens (primary N) is 1. The zero-order valence-electron chi connectivity index (χ0n) is 12.2. The first-order valence-electron chi connectivity index (χ1n) is 7.28. The first-order chi connectivity index (χ1) is 9.52. The Labute approximate surface area is 120 Å². The monoisotopic (exact) mass is 300 g/mol. The van der Waals surface area contributed by atoms with Crippen molar-refractivity contribution < 1.29 is 8.42 Å². The molecule has 3 N–H and O–H groups in total. The molecule has 0 bridgehead atoms. The van der Waals surface area contributed by atoms with Crippen molar-refractivity contribution >= 4 is 10.0 Å². The normalized spacial score (nSPS) is 21.2. The van der Waals surface area contributed by atoms with Crippen molar-refractivity contribution in [2.45, 2.75) is 63.4 Å². The molecule has 20 heavy (non-hydrogen) atoms. The lowest BCUT2D eigenvalue weighted by molar-refractivity contribution is 0.239. The largest absolute Gasteiger partial charge is 0.325 e. The van der Waals surface area contributed by atoms with E-state index in [0.717, 1.165) is 32.1 Å². The summed E-state index contributed by atoms with van der Waals surface area (Å²) in [5.74, 6) is 0. The summed E-state index contributed by atoms with van der Waals surface area (Å²) in [6.45, 7) is 4.55. The van der Waals surface area contributed by atoms with Gasteiger partial charge in [0.25, 0.3) is 0 Å². The van der Waals surface area contributed by atoms with Crippen molar-refractivity contribution in [3.05, 3.63) is 11.4 Å². The van der Waals surface area contributed by atoms with Crippen molar-refractivity contribution in [2.24, 2.45) is 5.73 Å². The molecule has 0 spiro atoms. The van der Waals surface area contributed by atoms with Gasteiger partial charge < -0.3 is 5.73 Å². The molecule has 0 aliphatic carbocycles. The minimum Gasteiger partial charge on any atom is -0.325 e. The van der Waals surface area contributed by atoms with Crippen LogP contribution in [0.5, 0.6) is 0 Å². The summed E-state index contributed by atoms with van der Waals surface area (Å²) in [6.07, 6.45) is 4.87. The summed E-state index contributed by atoms with van der Waals surface area (Å²) >= 11 is 0. The fourth-order valence-electron chi connectivity index (χ4n) is 2.98. The molecular formula is C13H24N4O2S. The van der Waals surface area contributed by atoms with Crippen molar-refractivity contribution in [3.63, 3.8) is 0 Å². The molecule has 1 fully saturated rings. The Morgan fingerprint density at radius 3 is 2.85 bits per heavy atom. The van der Waals surface area contributed by atoms with Crippen LogP contribution < -0.4 is 5.73 Å². The summed E-state index contributed by atoms with van der Waals surface area (Å²) in [7, 11) is -3.50. The topological polar surface area (TPSA) is 92.1 Å². The average molecular weight is 300 g/mol. The summed E-state index contributed by atoms with van der Waals surface area (Å²) < 4.78 is 27.6. The van der Waals surface area contributed by atoms with Gasteiger partial charge in [-0.05, 0) is 26.2 Å². The van der Waals surface area contributed by atoms with Crippen molar-refractivity contribution in [1.29, 1.82) is 0 Å². The molecule has 6 nitrogen and oxygen atoms in total. The molecule has 1 aromatic heterocycles. The fourth-order valence-corrected chi connectivity index (χ4v) is 5.05. The second kappa shape index (κ2) is 6.24. The Morgan fingerprint density at radius 2 is 2.20 bits per heavy atom. The second-order valence-electron chi connectivity index (χ2n) is 5.38. The third-order valence-electron chi connectivity index (χ3n) is 3.92. The van der Waals surface area contributed by atoms with E-state index in [0.29, 0.717) is 17.9 Å². The predicted octanol–water partition coefficient (Wildman–Crippen LogP) is 1.52. The molecule has 2 rings (SSSR count). The molecule has 1 aromatic rings. The molecule has 114 valence electrons. The number of aromatic nitrogens is 2. The van der Waals surface area contributed by atoms with Crippen LogP contribution in [-0.2, 0) is 16.6 Å². The number of H-pyrrole nitrogens is 1. The highest BCUT2D eigenvalue weighted by atomic mass is 32.2. The smallest absolute Gasteiger partial charge is 0.247 e. The molecule has 0 radical (unpaired) electrons. The van der Waals surface area contributed by atoms with E-state index in [2.05, 4.69) is 17.1 Å². The van der Waals surface area contributed by atoms with Crippen LogP contribution in [-0.4, -0.2) is 35.5 Å². The molecule has 1 aliphatic rings. The van der Waals surface area contributed by atoms with Crippen LogP contribution in [0.4, 0.5) is 0 Å². The van der Waals surface area contributed by atoms with E-state index in [-0.39, 0.29) is 17.5 Å². The van der Waals surface area contributed by atoms with Crippen molar-refractivity contribution in [2.75, 3.05) is 6.54 Å². The van der Waals surface area contributed by atoms with Gasteiger partial charge in [-0.2, -0.15) is 9.40 Å². The van der Waals surface area contributed by atoms with Crippen LogP contribution in [0.1, 0.15) is 50.4 Å². The molecule has 7 heteroatoms. The van der Waals surface area contributed by atoms with Gasteiger partial charge in [-0.1, -0.05) is 19.8 Å². The number of rotatable bonds is 5. The molecule has 1 atom stereocenters. The highest BCUT2D eigenvalue weighted by Crippen LogP contribution is 2.30. The van der Waals surface area contributed by atoms with Crippen LogP contribution >= 0.6 is 0 Å². The lowest BCUT2D eigenvalue weighted by Crippen LogP contribution is -2.44. The van der Waals surface area contributed by atoms with Crippen LogP contribution in [0.25, 0.3) is 0 Å². The number of nitrogens with one attached hydrogen (secondary N) is 1. The molecule has 0 saturated carbocycles. The van der Waals surface area contributed by atoms with Gasteiger partial charge in [0.15, 0.2) is 0 Å². The lowest BCUT2D eigenvalue weighted by atomic mass is 10.0. The Kier molecular flexibility index (Phi) is 4.82. The van der Waals surface area contributed by atoms with Crippen LogP contribution in [0.15, 0.2) is 4.90 Å². The standard InChI is InChI=1S/C13H24N4O2S/c1-3-6-11-7-4-5-8-17(11)20(18,19)13-10(2)15-16-12(13)9-14/h11H,3-9,14H2,1-2H3,(H,15,16). The van der Waals surface area contributed by atoms with Crippen LogP contribution in [0, 0.1) is 6.92 Å². The minimum absolute atomic E-state index is 0.110. The van der Waals surface area contributed by atoms with E-state index in [1.165, 1.54) is 0 Å². The first-order valence-corrected chi connectivity index (χ1v) is 8.72. The highest BCUT2D eigenvalue weighted by Gasteiger charge is 2.36. The van der Waals surface area contributed by atoms with Crippen LogP contribution in [0.2, 0.25) is 0 Å². The van der Waals surface area contributed by atoms with Gasteiger partial charge in [0, 0.05) is 19.1 Å². The van der Waals surface area contributed by atoms with Crippen molar-refractivity contribution in [3.8, 4) is 0 Å². The molecule has 0 amide bonds. The Morgan fingerprint density at radius 1 is 1.45 bits per heavy atom. The maximum Gasteiger partial charge on any atom is 0.247 e. The van der Waals surface area contributed by atoms with Gasteiger partial charge >= 0.3 is 0 Å². The maximum absolute atomic E-state index is 12.9. The molecule has 1 unspecified atom stereocenters. The van der Waals surface area contributed by atoms with Gasteiger partial charge in [0.1, 0.15) is 4.90 Å². The summed E-state index contributed by atoms with van der Waals surface area (Å²) in [5.41, 5.74) is 6.63. The van der Waals surface area contributed by atoms with Gasteiger partial charge in [-0.3, -0.25) is 5.10 Å². The highest BCUT2D eigenvalue weighted by molar-refractivity contribution is 7.89. The molecule has 0 aromatic carbocycles. The van der Waals surface area contributed by atoms with Crippen LogP contribution in [0.3, 0.4) is 0 Å². The van der Waals surface area contributed by atoms with E-state index in [1.807, 2.05) is 0 Å². The lowest BCUT2D eigenvalue weighted by Gasteiger charge is -2.34. The maximum atomic E-state index is 12.9. The molecule has 1 aliphatic heterocycles. The number of hydrogen-bond acceptors (Lipinski definition) is 4. The van der Waals surface area contributed by atoms with Gasteiger partial charge in [-0.15, -0.1) is 0 Å². The van der Waals surface area contributed by atoms with E-state index in [9.17, 15) is 8.42 Å². The summed E-state index contributed by atoms with van der Waals surface area (Å²) in [6, 6.07) is 0.110. The molecular weight excluding hydrogens is 276 g/mol. The van der Waals surface area contributed by atoms with Crippen molar-refractivity contribution in [1.82, 2.24) is 14.5 Å². The fraction of sp³-hybridized carbons (Fsp3) is 0.769. The number of nitrogens with zero attached hydrogens (tertiary/aromatic N) is 2. The van der Waals surface area contributed by atoms with E-state index in [4.69, 9.17) is 5.73 Å².